The Morgan fingerprint density at radius 2 is 1.93 bits per heavy atom. The Kier molecular flexibility index (Phi) is 6.87. The van der Waals surface area contributed by atoms with Crippen LogP contribution in [0.15, 0.2) is 42.2 Å². The van der Waals surface area contributed by atoms with Crippen molar-refractivity contribution in [1.29, 1.82) is 0 Å². The summed E-state index contributed by atoms with van der Waals surface area (Å²) in [4.78, 5) is 27.9. The molecule has 0 bridgehead atoms. The smallest absolute Gasteiger partial charge is 0.412 e. The van der Waals surface area contributed by atoms with E-state index in [1.807, 2.05) is 56.1 Å². The van der Waals surface area contributed by atoms with Crippen molar-refractivity contribution in [2.75, 3.05) is 20.6 Å². The number of rotatable bonds is 7. The second kappa shape index (κ2) is 9.56. The number of likely N-dealkylation sites (N-methyl/N-ethyl adjacent to an activating group) is 1. The fourth-order valence-corrected chi connectivity index (χ4v) is 3.09. The van der Waals surface area contributed by atoms with Crippen LogP contribution in [-0.2, 0) is 20.7 Å². The van der Waals surface area contributed by atoms with Crippen LogP contribution < -0.4 is 9.47 Å². The van der Waals surface area contributed by atoms with Gasteiger partial charge in [0.05, 0.1) is 5.57 Å². The van der Waals surface area contributed by atoms with Crippen LogP contribution in [-0.4, -0.2) is 54.6 Å². The third-order valence-electron chi connectivity index (χ3n) is 5.07. The van der Waals surface area contributed by atoms with Crippen molar-refractivity contribution in [2.24, 2.45) is 0 Å². The molecule has 1 unspecified atom stereocenters. The first-order valence-electron chi connectivity index (χ1n) is 9.95. The maximum Gasteiger partial charge on any atom is 0.412 e. The third kappa shape index (κ3) is 5.25. The quantitative estimate of drug-likeness (QED) is 0.498. The van der Waals surface area contributed by atoms with Gasteiger partial charge in [0.25, 0.3) is 0 Å². The summed E-state index contributed by atoms with van der Waals surface area (Å²) in [6.07, 6.45) is 6.13. The van der Waals surface area contributed by atoms with Crippen molar-refractivity contribution in [3.63, 3.8) is 0 Å². The summed E-state index contributed by atoms with van der Waals surface area (Å²) >= 11 is 0. The molecule has 3 rings (SSSR count). The molecule has 8 nitrogen and oxygen atoms in total. The Bertz CT molecular complexity index is 848. The van der Waals surface area contributed by atoms with Crippen LogP contribution in [0.3, 0.4) is 0 Å². The minimum Gasteiger partial charge on any atom is -0.454 e. The molecule has 1 atom stereocenters. The average molecular weight is 416 g/mol. The van der Waals surface area contributed by atoms with Crippen LogP contribution >= 0.6 is 0 Å². The highest BCUT2D eigenvalue weighted by molar-refractivity contribution is 5.88. The molecule has 30 heavy (non-hydrogen) atoms. The van der Waals surface area contributed by atoms with Gasteiger partial charge in [-0.15, -0.1) is 0 Å². The minimum absolute atomic E-state index is 0.126. The number of ether oxygens (including phenoxy) is 4. The van der Waals surface area contributed by atoms with E-state index in [9.17, 15) is 9.59 Å². The van der Waals surface area contributed by atoms with Crippen LogP contribution in [0.2, 0.25) is 0 Å². The largest absolute Gasteiger partial charge is 0.454 e. The lowest BCUT2D eigenvalue weighted by Gasteiger charge is -2.25. The highest BCUT2D eigenvalue weighted by atomic mass is 16.7. The van der Waals surface area contributed by atoms with Crippen LogP contribution in [0.1, 0.15) is 32.8 Å². The molecule has 0 fully saturated rings. The third-order valence-corrected chi connectivity index (χ3v) is 5.07. The molecule has 162 valence electrons. The molecule has 0 radical (unpaired) electrons. The summed E-state index contributed by atoms with van der Waals surface area (Å²) in [7, 11) is 1.65. The van der Waals surface area contributed by atoms with E-state index in [0.717, 1.165) is 11.3 Å². The highest BCUT2D eigenvalue weighted by Crippen LogP contribution is 2.33. The summed E-state index contributed by atoms with van der Waals surface area (Å²) in [5.41, 5.74) is 1.54. The molecular weight excluding hydrogens is 388 g/mol. The van der Waals surface area contributed by atoms with Crippen molar-refractivity contribution in [2.45, 2.75) is 45.7 Å². The molecule has 1 aromatic rings. The zero-order valence-corrected chi connectivity index (χ0v) is 17.8. The number of hydrogen-bond acceptors (Lipinski definition) is 7. The van der Waals surface area contributed by atoms with Gasteiger partial charge in [0.15, 0.2) is 11.5 Å². The second-order valence-corrected chi connectivity index (χ2v) is 7.60. The Hall–Kier alpha value is -3.16. The predicted molar refractivity (Wildman–Crippen MR) is 110 cm³/mol. The molecule has 0 aliphatic carbocycles. The van der Waals surface area contributed by atoms with Gasteiger partial charge in [-0.1, -0.05) is 12.1 Å². The van der Waals surface area contributed by atoms with Crippen LogP contribution in [0.25, 0.3) is 0 Å². The number of fused-ring (bicyclic) bond motifs is 1. The van der Waals surface area contributed by atoms with E-state index in [2.05, 4.69) is 0 Å². The molecule has 2 aliphatic heterocycles. The lowest BCUT2D eigenvalue weighted by Crippen LogP contribution is -2.37. The number of hydrogen-bond donors (Lipinski definition) is 0. The van der Waals surface area contributed by atoms with Crippen LogP contribution in [0, 0.1) is 0 Å². The standard InChI is InChI=1S/C22H28N2O6/c1-15(2)24-9-5-6-18(12-24)21(25)29-14-30-22(26)23(4)16(3)10-17-7-8-19-20(11-17)28-13-27-19/h5,7-9,11-12,15-16H,6,10,13-14H2,1-4H3. The van der Waals surface area contributed by atoms with E-state index in [0.29, 0.717) is 24.2 Å². The van der Waals surface area contributed by atoms with Gasteiger partial charge in [0, 0.05) is 38.0 Å². The van der Waals surface area contributed by atoms with Gasteiger partial charge >= 0.3 is 12.1 Å². The average Bonchev–Trinajstić information content (AvgIpc) is 3.20. The van der Waals surface area contributed by atoms with Crippen molar-refractivity contribution in [3.05, 3.63) is 47.8 Å². The van der Waals surface area contributed by atoms with Crippen molar-refractivity contribution >= 4 is 12.1 Å². The lowest BCUT2D eigenvalue weighted by atomic mass is 10.1. The second-order valence-electron chi connectivity index (χ2n) is 7.60. The topological polar surface area (TPSA) is 77.5 Å². The number of allylic oxidation sites excluding steroid dienone is 1. The zero-order chi connectivity index (χ0) is 21.7. The Labute approximate surface area is 176 Å². The van der Waals surface area contributed by atoms with Crippen molar-refractivity contribution in [3.8, 4) is 11.5 Å². The number of nitrogens with zero attached hydrogens (tertiary/aromatic N) is 2. The molecule has 0 spiro atoms. The molecule has 0 N–H and O–H groups in total. The summed E-state index contributed by atoms with van der Waals surface area (Å²) in [6, 6.07) is 5.82. The van der Waals surface area contributed by atoms with Crippen LogP contribution in [0.4, 0.5) is 4.79 Å². The maximum absolute atomic E-state index is 12.3. The highest BCUT2D eigenvalue weighted by Gasteiger charge is 2.21. The summed E-state index contributed by atoms with van der Waals surface area (Å²) in [6.45, 7) is 5.76. The molecule has 1 aromatic carbocycles. The monoisotopic (exact) mass is 416 g/mol. The minimum atomic E-state index is -0.558. The van der Waals surface area contributed by atoms with E-state index in [4.69, 9.17) is 18.9 Å². The van der Waals surface area contributed by atoms with E-state index in [1.165, 1.54) is 4.90 Å². The van der Waals surface area contributed by atoms with Gasteiger partial charge < -0.3 is 28.7 Å². The maximum atomic E-state index is 12.3. The SMILES string of the molecule is CC(C)N1C=CCC(C(=O)OCOC(=O)N(C)C(C)Cc2ccc3c(c2)OCO3)=C1. The number of esters is 1. The lowest BCUT2D eigenvalue weighted by molar-refractivity contribution is -0.147. The first-order valence-corrected chi connectivity index (χ1v) is 9.95. The van der Waals surface area contributed by atoms with Gasteiger partial charge in [0.1, 0.15) is 0 Å². The summed E-state index contributed by atoms with van der Waals surface area (Å²) in [5, 5.41) is 0. The van der Waals surface area contributed by atoms with Gasteiger partial charge in [-0.25, -0.2) is 9.59 Å². The molecule has 1 amide bonds. The number of carbonyl (C=O) groups is 2. The van der Waals surface area contributed by atoms with E-state index >= 15 is 0 Å². The van der Waals surface area contributed by atoms with E-state index in [-0.39, 0.29) is 18.9 Å². The number of benzene rings is 1. The molecule has 8 heteroatoms. The van der Waals surface area contributed by atoms with Gasteiger partial charge in [-0.05, 0) is 44.9 Å². The van der Waals surface area contributed by atoms with Crippen LogP contribution in [0.5, 0.6) is 11.5 Å². The fourth-order valence-electron chi connectivity index (χ4n) is 3.09. The van der Waals surface area contributed by atoms with E-state index in [1.54, 1.807) is 13.2 Å². The van der Waals surface area contributed by atoms with E-state index < -0.39 is 18.9 Å². The molecule has 0 saturated heterocycles. The van der Waals surface area contributed by atoms with Gasteiger partial charge in [-0.2, -0.15) is 0 Å². The molecule has 0 saturated carbocycles. The first-order chi connectivity index (χ1) is 14.3. The summed E-state index contributed by atoms with van der Waals surface area (Å²) in [5.74, 6) is 0.940. The molecule has 0 aromatic heterocycles. The molecular formula is C22H28N2O6. The normalized spacial score (nSPS) is 15.6. The number of amides is 1. The van der Waals surface area contributed by atoms with Gasteiger partial charge in [0.2, 0.25) is 13.6 Å². The van der Waals surface area contributed by atoms with Crippen molar-refractivity contribution < 1.29 is 28.5 Å². The fraction of sp³-hybridized carbons (Fsp3) is 0.455. The predicted octanol–water partition coefficient (Wildman–Crippen LogP) is 3.43. The zero-order valence-electron chi connectivity index (χ0n) is 17.8. The van der Waals surface area contributed by atoms with Gasteiger partial charge in [-0.3, -0.25) is 0 Å². The Morgan fingerprint density at radius 1 is 1.17 bits per heavy atom. The Balaban J connectivity index is 1.44. The molecule has 2 heterocycles. The summed E-state index contributed by atoms with van der Waals surface area (Å²) < 4.78 is 20.9. The molecule has 2 aliphatic rings. The Morgan fingerprint density at radius 3 is 2.70 bits per heavy atom. The first kappa shape index (κ1) is 21.5. The van der Waals surface area contributed by atoms with Crippen molar-refractivity contribution in [1.82, 2.24) is 9.80 Å². The number of carbonyl (C=O) groups excluding carboxylic acids is 2.